The van der Waals surface area contributed by atoms with Gasteiger partial charge in [0.15, 0.2) is 0 Å². The minimum Gasteiger partial charge on any atom is -0.369 e. The van der Waals surface area contributed by atoms with Crippen molar-refractivity contribution in [1.82, 2.24) is 19.9 Å². The Labute approximate surface area is 188 Å². The van der Waals surface area contributed by atoms with Crippen LogP contribution in [0.3, 0.4) is 0 Å². The molecule has 0 aliphatic carbocycles. The summed E-state index contributed by atoms with van der Waals surface area (Å²) in [6.45, 7) is 5.19. The van der Waals surface area contributed by atoms with E-state index in [1.807, 2.05) is 56.5 Å². The molecule has 1 aliphatic heterocycles. The zero-order valence-corrected chi connectivity index (χ0v) is 19.0. The van der Waals surface area contributed by atoms with Gasteiger partial charge in [-0.15, -0.1) is 0 Å². The first kappa shape index (κ1) is 21.7. The molecule has 6 nitrogen and oxygen atoms in total. The lowest BCUT2D eigenvalue weighted by Crippen LogP contribution is -2.38. The molecular weight excluding hydrogens is 410 g/mol. The second-order valence-electron chi connectivity index (χ2n) is 8.23. The second-order valence-corrected chi connectivity index (χ2v) is 8.67. The number of pyridine rings is 1. The van der Waals surface area contributed by atoms with Gasteiger partial charge in [-0.1, -0.05) is 23.7 Å². The van der Waals surface area contributed by atoms with Crippen molar-refractivity contribution in [3.63, 3.8) is 0 Å². The molecule has 1 fully saturated rings. The highest BCUT2D eigenvalue weighted by Crippen LogP contribution is 2.24. The van der Waals surface area contributed by atoms with Gasteiger partial charge >= 0.3 is 0 Å². The van der Waals surface area contributed by atoms with Crippen LogP contribution in [-0.4, -0.2) is 53.6 Å². The van der Waals surface area contributed by atoms with Gasteiger partial charge in [0.2, 0.25) is 5.95 Å². The average Bonchev–Trinajstić information content (AvgIpc) is 2.74. The number of halogens is 1. The summed E-state index contributed by atoms with van der Waals surface area (Å²) in [6.07, 6.45) is 4.58. The summed E-state index contributed by atoms with van der Waals surface area (Å²) in [6, 6.07) is 12.3. The number of benzene rings is 1. The minimum absolute atomic E-state index is 0.0475. The summed E-state index contributed by atoms with van der Waals surface area (Å²) in [4.78, 5) is 17.9. The Morgan fingerprint density at radius 2 is 1.90 bits per heavy atom. The smallest absolute Gasteiger partial charge is 0.224 e. The Hall–Kier alpha value is -2.54. The number of ether oxygens (including phenoxy) is 1. The van der Waals surface area contributed by atoms with E-state index in [1.165, 1.54) is 11.1 Å². The van der Waals surface area contributed by atoms with Gasteiger partial charge in [-0.25, -0.2) is 9.97 Å². The predicted octanol–water partition coefficient (Wildman–Crippen LogP) is 4.06. The van der Waals surface area contributed by atoms with Crippen molar-refractivity contribution >= 4 is 17.5 Å². The summed E-state index contributed by atoms with van der Waals surface area (Å²) >= 11 is 6.15. The van der Waals surface area contributed by atoms with Crippen LogP contribution in [0, 0.1) is 6.92 Å². The number of rotatable bonds is 6. The van der Waals surface area contributed by atoms with Gasteiger partial charge in [-0.2, -0.15) is 0 Å². The van der Waals surface area contributed by atoms with Gasteiger partial charge < -0.3 is 9.64 Å². The van der Waals surface area contributed by atoms with Crippen molar-refractivity contribution in [3.05, 3.63) is 81.9 Å². The molecule has 0 spiro atoms. The summed E-state index contributed by atoms with van der Waals surface area (Å²) in [7, 11) is 3.88. The van der Waals surface area contributed by atoms with E-state index in [9.17, 15) is 0 Å². The molecule has 0 saturated carbocycles. The topological polar surface area (TPSA) is 54.4 Å². The fourth-order valence-electron chi connectivity index (χ4n) is 3.86. The van der Waals surface area contributed by atoms with Gasteiger partial charge in [0, 0.05) is 62.4 Å². The van der Waals surface area contributed by atoms with E-state index in [1.54, 1.807) is 0 Å². The molecule has 1 saturated heterocycles. The van der Waals surface area contributed by atoms with Crippen molar-refractivity contribution in [2.45, 2.75) is 26.0 Å². The average molecular weight is 438 g/mol. The maximum atomic E-state index is 6.15. The number of aryl methyl sites for hydroxylation is 1. The maximum absolute atomic E-state index is 6.15. The van der Waals surface area contributed by atoms with Crippen molar-refractivity contribution in [3.8, 4) is 0 Å². The van der Waals surface area contributed by atoms with E-state index in [4.69, 9.17) is 21.3 Å². The number of anilines is 1. The van der Waals surface area contributed by atoms with Gasteiger partial charge in [0.05, 0.1) is 12.3 Å². The fraction of sp³-hybridized carbons (Fsp3) is 0.375. The highest BCUT2D eigenvalue weighted by molar-refractivity contribution is 6.30. The first-order chi connectivity index (χ1) is 15.0. The number of morpholine rings is 1. The normalized spacial score (nSPS) is 17.0. The minimum atomic E-state index is -0.0475. The van der Waals surface area contributed by atoms with E-state index in [0.717, 1.165) is 54.0 Å². The fourth-order valence-corrected chi connectivity index (χ4v) is 4.07. The Bertz CT molecular complexity index is 1020. The third-order valence-electron chi connectivity index (χ3n) is 5.31. The summed E-state index contributed by atoms with van der Waals surface area (Å²) in [5.74, 6) is 0.722. The van der Waals surface area contributed by atoms with E-state index in [0.29, 0.717) is 6.61 Å². The first-order valence-electron chi connectivity index (χ1n) is 10.5. The highest BCUT2D eigenvalue weighted by atomic mass is 35.5. The van der Waals surface area contributed by atoms with E-state index < -0.39 is 0 Å². The summed E-state index contributed by atoms with van der Waals surface area (Å²) in [5.41, 5.74) is 5.50. The Morgan fingerprint density at radius 1 is 1.10 bits per heavy atom. The molecular formula is C24H28ClN5O. The predicted molar refractivity (Wildman–Crippen MR) is 124 cm³/mol. The molecule has 162 valence electrons. The van der Waals surface area contributed by atoms with Crippen LogP contribution in [0.2, 0.25) is 5.02 Å². The van der Waals surface area contributed by atoms with Crippen LogP contribution in [0.15, 0.2) is 48.8 Å². The molecule has 1 atom stereocenters. The largest absolute Gasteiger partial charge is 0.369 e. The summed E-state index contributed by atoms with van der Waals surface area (Å²) < 4.78 is 6.10. The van der Waals surface area contributed by atoms with Crippen molar-refractivity contribution < 1.29 is 4.74 Å². The van der Waals surface area contributed by atoms with Gasteiger partial charge in [0.1, 0.15) is 6.10 Å². The molecule has 0 amide bonds. The van der Waals surface area contributed by atoms with Crippen LogP contribution in [0.25, 0.3) is 0 Å². The zero-order chi connectivity index (χ0) is 21.8. The van der Waals surface area contributed by atoms with Crippen LogP contribution in [0.4, 0.5) is 5.95 Å². The van der Waals surface area contributed by atoms with Crippen LogP contribution >= 0.6 is 11.6 Å². The van der Waals surface area contributed by atoms with Crippen LogP contribution in [0.1, 0.15) is 34.2 Å². The third-order valence-corrected chi connectivity index (χ3v) is 5.54. The van der Waals surface area contributed by atoms with Crippen LogP contribution in [0.5, 0.6) is 0 Å². The monoisotopic (exact) mass is 437 g/mol. The molecule has 1 aliphatic rings. The molecule has 4 rings (SSSR count). The number of hydrogen-bond donors (Lipinski definition) is 0. The molecule has 3 aromatic rings. The van der Waals surface area contributed by atoms with E-state index in [-0.39, 0.29) is 6.10 Å². The zero-order valence-electron chi connectivity index (χ0n) is 18.3. The standard InChI is InChI=1S/C24H28ClN5O/c1-17-9-19(10-18-5-4-6-21(25)11-18)12-22(28-17)23-16-30(7-8-31-23)15-20-13-26-24(27-14-20)29(2)3/h4-6,9,11-14,23H,7-8,10,15-16H2,1-3H3. The van der Waals surface area contributed by atoms with Gasteiger partial charge in [0.25, 0.3) is 0 Å². The molecule has 2 aromatic heterocycles. The second kappa shape index (κ2) is 9.73. The first-order valence-corrected chi connectivity index (χ1v) is 10.9. The Balaban J connectivity index is 1.45. The lowest BCUT2D eigenvalue weighted by Gasteiger charge is -2.32. The molecule has 0 radical (unpaired) electrons. The lowest BCUT2D eigenvalue weighted by atomic mass is 10.0. The van der Waals surface area contributed by atoms with Crippen molar-refractivity contribution in [2.75, 3.05) is 38.7 Å². The number of hydrogen-bond acceptors (Lipinski definition) is 6. The maximum Gasteiger partial charge on any atom is 0.224 e. The molecule has 1 aromatic carbocycles. The third kappa shape index (κ3) is 5.79. The van der Waals surface area contributed by atoms with Crippen molar-refractivity contribution in [1.29, 1.82) is 0 Å². The number of aromatic nitrogens is 3. The molecule has 3 heterocycles. The molecule has 31 heavy (non-hydrogen) atoms. The number of nitrogens with zero attached hydrogens (tertiary/aromatic N) is 5. The molecule has 0 N–H and O–H groups in total. The van der Waals surface area contributed by atoms with Gasteiger partial charge in [-0.05, 0) is 48.7 Å². The molecule has 1 unspecified atom stereocenters. The lowest BCUT2D eigenvalue weighted by molar-refractivity contribution is -0.0351. The molecule has 0 bridgehead atoms. The van der Waals surface area contributed by atoms with Crippen LogP contribution < -0.4 is 4.90 Å². The quantitative estimate of drug-likeness (QED) is 0.579. The molecule has 7 heteroatoms. The van der Waals surface area contributed by atoms with Crippen LogP contribution in [-0.2, 0) is 17.7 Å². The summed E-state index contributed by atoms with van der Waals surface area (Å²) in [5, 5.41) is 0.761. The highest BCUT2D eigenvalue weighted by Gasteiger charge is 2.24. The van der Waals surface area contributed by atoms with E-state index >= 15 is 0 Å². The Morgan fingerprint density at radius 3 is 2.65 bits per heavy atom. The SMILES string of the molecule is Cc1cc(Cc2cccc(Cl)c2)cc(C2CN(Cc3cnc(N(C)C)nc3)CCO2)n1. The Kier molecular flexibility index (Phi) is 6.80. The van der Waals surface area contributed by atoms with E-state index in [2.05, 4.69) is 33.1 Å². The van der Waals surface area contributed by atoms with Gasteiger partial charge in [-0.3, -0.25) is 9.88 Å². The van der Waals surface area contributed by atoms with Crippen molar-refractivity contribution in [2.24, 2.45) is 0 Å².